The van der Waals surface area contributed by atoms with E-state index in [9.17, 15) is 0 Å². The van der Waals surface area contributed by atoms with E-state index in [2.05, 4.69) is 61.2 Å². The largest absolute Gasteiger partial charge is 0.296 e. The van der Waals surface area contributed by atoms with Crippen LogP contribution in [0, 0.1) is 5.92 Å². The van der Waals surface area contributed by atoms with E-state index in [-0.39, 0.29) is 0 Å². The molecule has 1 heterocycles. The Kier molecular flexibility index (Phi) is 4.38. The molecule has 1 aliphatic rings. The lowest BCUT2D eigenvalue weighted by Crippen LogP contribution is -2.24. The first-order chi connectivity index (χ1) is 8.31. The summed E-state index contributed by atoms with van der Waals surface area (Å²) >= 11 is 0. The molecule has 1 heteroatoms. The molecule has 0 amide bonds. The van der Waals surface area contributed by atoms with E-state index in [0.29, 0.717) is 6.04 Å². The molecule has 1 nitrogen and oxygen atoms in total. The highest BCUT2D eigenvalue weighted by Gasteiger charge is 2.25. The lowest BCUT2D eigenvalue weighted by atomic mass is 10.0. The predicted octanol–water partition coefficient (Wildman–Crippen LogP) is 4.04. The Morgan fingerprint density at radius 1 is 1.35 bits per heavy atom. The molecule has 2 unspecified atom stereocenters. The molecule has 1 fully saturated rings. The molecule has 2 rings (SSSR count). The van der Waals surface area contributed by atoms with Crippen LogP contribution in [0.2, 0.25) is 0 Å². The fourth-order valence-electron chi connectivity index (χ4n) is 2.68. The van der Waals surface area contributed by atoms with Crippen molar-refractivity contribution < 1.29 is 0 Å². The molecule has 1 saturated heterocycles. The maximum Gasteiger partial charge on any atom is 0.0319 e. The van der Waals surface area contributed by atoms with Crippen molar-refractivity contribution in [3.05, 3.63) is 48.0 Å². The fourth-order valence-corrected chi connectivity index (χ4v) is 2.68. The zero-order valence-corrected chi connectivity index (χ0v) is 11.0. The van der Waals surface area contributed by atoms with Crippen LogP contribution in [0.25, 0.3) is 0 Å². The van der Waals surface area contributed by atoms with Gasteiger partial charge in [0, 0.05) is 12.6 Å². The second-order valence-electron chi connectivity index (χ2n) is 5.04. The van der Waals surface area contributed by atoms with E-state index in [4.69, 9.17) is 0 Å². The van der Waals surface area contributed by atoms with E-state index >= 15 is 0 Å². The Morgan fingerprint density at radius 2 is 2.12 bits per heavy atom. The van der Waals surface area contributed by atoms with Gasteiger partial charge in [0.15, 0.2) is 0 Å². The van der Waals surface area contributed by atoms with Crippen LogP contribution in [0.5, 0.6) is 0 Å². The zero-order valence-electron chi connectivity index (χ0n) is 11.0. The summed E-state index contributed by atoms with van der Waals surface area (Å²) in [5.41, 5.74) is 1.44. The SMILES string of the molecule is C/C=C\CC1CCN(C(C)c2ccccc2)C1. The zero-order chi connectivity index (χ0) is 12.1. The molecular formula is C16H23N. The lowest BCUT2D eigenvalue weighted by Gasteiger charge is -2.24. The second kappa shape index (κ2) is 6.02. The summed E-state index contributed by atoms with van der Waals surface area (Å²) in [5, 5.41) is 0. The van der Waals surface area contributed by atoms with E-state index in [1.165, 1.54) is 31.5 Å². The molecule has 1 aromatic rings. The van der Waals surface area contributed by atoms with Gasteiger partial charge in [0.1, 0.15) is 0 Å². The van der Waals surface area contributed by atoms with E-state index < -0.39 is 0 Å². The first-order valence-electron chi connectivity index (χ1n) is 6.71. The molecule has 1 aliphatic heterocycles. The highest BCUT2D eigenvalue weighted by molar-refractivity contribution is 5.18. The number of likely N-dealkylation sites (tertiary alicyclic amines) is 1. The smallest absolute Gasteiger partial charge is 0.0319 e. The Hall–Kier alpha value is -1.08. The lowest BCUT2D eigenvalue weighted by molar-refractivity contribution is 0.253. The van der Waals surface area contributed by atoms with Crippen LogP contribution in [-0.4, -0.2) is 18.0 Å². The molecule has 0 aromatic heterocycles. The third-order valence-corrected chi connectivity index (χ3v) is 3.85. The predicted molar refractivity (Wildman–Crippen MR) is 74.0 cm³/mol. The third-order valence-electron chi connectivity index (χ3n) is 3.85. The van der Waals surface area contributed by atoms with Gasteiger partial charge in [-0.2, -0.15) is 0 Å². The molecule has 0 aliphatic carbocycles. The fraction of sp³-hybridized carbons (Fsp3) is 0.500. The van der Waals surface area contributed by atoms with E-state index in [1.807, 2.05) is 0 Å². The van der Waals surface area contributed by atoms with Crippen molar-refractivity contribution in [1.82, 2.24) is 4.90 Å². The minimum Gasteiger partial charge on any atom is -0.296 e. The van der Waals surface area contributed by atoms with Crippen LogP contribution in [-0.2, 0) is 0 Å². The maximum absolute atomic E-state index is 2.61. The second-order valence-corrected chi connectivity index (χ2v) is 5.04. The standard InChI is InChI=1S/C16H23N/c1-3-4-8-15-11-12-17(13-15)14(2)16-9-6-5-7-10-16/h3-7,9-10,14-15H,8,11-13H2,1-2H3/b4-3-. The number of hydrogen-bond donors (Lipinski definition) is 0. The molecule has 2 atom stereocenters. The van der Waals surface area contributed by atoms with Crippen molar-refractivity contribution in [2.24, 2.45) is 5.92 Å². The summed E-state index contributed by atoms with van der Waals surface area (Å²) in [6, 6.07) is 11.4. The van der Waals surface area contributed by atoms with E-state index in [1.54, 1.807) is 0 Å². The third kappa shape index (κ3) is 3.19. The Morgan fingerprint density at radius 3 is 2.82 bits per heavy atom. The van der Waals surface area contributed by atoms with Crippen molar-refractivity contribution in [2.45, 2.75) is 32.7 Å². The molecule has 92 valence electrons. The number of allylic oxidation sites excluding steroid dienone is 2. The van der Waals surface area contributed by atoms with Gasteiger partial charge >= 0.3 is 0 Å². The van der Waals surface area contributed by atoms with Gasteiger partial charge < -0.3 is 0 Å². The van der Waals surface area contributed by atoms with Gasteiger partial charge in [-0.1, -0.05) is 42.5 Å². The highest BCUT2D eigenvalue weighted by atomic mass is 15.2. The van der Waals surface area contributed by atoms with Crippen molar-refractivity contribution in [3.63, 3.8) is 0 Å². The average Bonchev–Trinajstić information content (AvgIpc) is 2.85. The molecular weight excluding hydrogens is 206 g/mol. The van der Waals surface area contributed by atoms with Gasteiger partial charge in [-0.3, -0.25) is 4.90 Å². The van der Waals surface area contributed by atoms with Crippen LogP contribution in [0.3, 0.4) is 0 Å². The molecule has 0 radical (unpaired) electrons. The normalized spacial score (nSPS) is 23.3. The average molecular weight is 229 g/mol. The van der Waals surface area contributed by atoms with Crippen LogP contribution < -0.4 is 0 Å². The monoisotopic (exact) mass is 229 g/mol. The summed E-state index contributed by atoms with van der Waals surface area (Å²) in [7, 11) is 0. The van der Waals surface area contributed by atoms with Crippen molar-refractivity contribution >= 4 is 0 Å². The molecule has 1 aromatic carbocycles. The van der Waals surface area contributed by atoms with Gasteiger partial charge in [-0.05, 0) is 44.7 Å². The topological polar surface area (TPSA) is 3.24 Å². The maximum atomic E-state index is 2.61. The van der Waals surface area contributed by atoms with Gasteiger partial charge in [-0.25, -0.2) is 0 Å². The first-order valence-corrected chi connectivity index (χ1v) is 6.71. The minimum absolute atomic E-state index is 0.562. The number of benzene rings is 1. The van der Waals surface area contributed by atoms with Crippen molar-refractivity contribution in [3.8, 4) is 0 Å². The summed E-state index contributed by atoms with van der Waals surface area (Å²) < 4.78 is 0. The van der Waals surface area contributed by atoms with Gasteiger partial charge in [0.05, 0.1) is 0 Å². The Labute approximate surface area is 105 Å². The van der Waals surface area contributed by atoms with E-state index in [0.717, 1.165) is 5.92 Å². The molecule has 17 heavy (non-hydrogen) atoms. The van der Waals surface area contributed by atoms with Crippen molar-refractivity contribution in [1.29, 1.82) is 0 Å². The molecule has 0 saturated carbocycles. The number of hydrogen-bond acceptors (Lipinski definition) is 1. The first kappa shape index (κ1) is 12.4. The number of nitrogens with zero attached hydrogens (tertiary/aromatic N) is 1. The summed E-state index contributed by atoms with van der Waals surface area (Å²) in [6.45, 7) is 6.94. The minimum atomic E-state index is 0.562. The molecule has 0 spiro atoms. The summed E-state index contributed by atoms with van der Waals surface area (Å²) in [6.07, 6.45) is 7.07. The van der Waals surface area contributed by atoms with Gasteiger partial charge in [0.2, 0.25) is 0 Å². The quantitative estimate of drug-likeness (QED) is 0.704. The Bertz CT molecular complexity index is 355. The van der Waals surface area contributed by atoms with Gasteiger partial charge in [0.25, 0.3) is 0 Å². The highest BCUT2D eigenvalue weighted by Crippen LogP contribution is 2.28. The summed E-state index contributed by atoms with van der Waals surface area (Å²) in [4.78, 5) is 2.61. The van der Waals surface area contributed by atoms with Crippen LogP contribution in [0.15, 0.2) is 42.5 Å². The van der Waals surface area contributed by atoms with Gasteiger partial charge in [-0.15, -0.1) is 0 Å². The molecule has 0 bridgehead atoms. The molecule has 0 N–H and O–H groups in total. The van der Waals surface area contributed by atoms with Crippen LogP contribution in [0.1, 0.15) is 38.3 Å². The summed E-state index contributed by atoms with van der Waals surface area (Å²) in [5.74, 6) is 0.859. The Balaban J connectivity index is 1.92. The van der Waals surface area contributed by atoms with Crippen molar-refractivity contribution in [2.75, 3.05) is 13.1 Å². The number of rotatable bonds is 4. The van der Waals surface area contributed by atoms with Crippen LogP contribution >= 0.6 is 0 Å². The van der Waals surface area contributed by atoms with Crippen LogP contribution in [0.4, 0.5) is 0 Å².